The van der Waals surface area contributed by atoms with E-state index in [9.17, 15) is 9.18 Å². The molecule has 0 unspecified atom stereocenters. The molecule has 0 atom stereocenters. The van der Waals surface area contributed by atoms with E-state index in [0.29, 0.717) is 21.9 Å². The van der Waals surface area contributed by atoms with Crippen LogP contribution in [0.3, 0.4) is 0 Å². The predicted octanol–water partition coefficient (Wildman–Crippen LogP) is 4.85. The average molecular weight is 344 g/mol. The number of anilines is 3. The summed E-state index contributed by atoms with van der Waals surface area (Å²) < 4.78 is 19.6. The van der Waals surface area contributed by atoms with Gasteiger partial charge in [-0.25, -0.2) is 9.18 Å². The number of ether oxygens (including phenoxy) is 1. The lowest BCUT2D eigenvalue weighted by Gasteiger charge is -2.10. The van der Waals surface area contributed by atoms with Crippen molar-refractivity contribution < 1.29 is 13.9 Å². The Morgan fingerprint density at radius 2 is 2.08 bits per heavy atom. The number of nitrogen functional groups attached to an aromatic ring is 1. The zero-order valence-corrected chi connectivity index (χ0v) is 14.2. The molecule has 1 heterocycles. The van der Waals surface area contributed by atoms with E-state index in [1.807, 2.05) is 25.1 Å². The minimum Gasteiger partial charge on any atom is -0.462 e. The first-order valence-corrected chi connectivity index (χ1v) is 8.33. The number of aryl methyl sites for hydroxylation is 1. The highest BCUT2D eigenvalue weighted by atomic mass is 32.1. The second-order valence-electron chi connectivity index (χ2n) is 5.38. The monoisotopic (exact) mass is 344 g/mol. The summed E-state index contributed by atoms with van der Waals surface area (Å²) in [7, 11) is 0. The van der Waals surface area contributed by atoms with E-state index < -0.39 is 11.8 Å². The van der Waals surface area contributed by atoms with Gasteiger partial charge in [-0.3, -0.25) is 0 Å². The Bertz CT molecular complexity index is 921. The van der Waals surface area contributed by atoms with Gasteiger partial charge >= 0.3 is 5.97 Å². The highest BCUT2D eigenvalue weighted by Gasteiger charge is 2.21. The van der Waals surface area contributed by atoms with Crippen molar-refractivity contribution in [2.24, 2.45) is 0 Å². The van der Waals surface area contributed by atoms with Crippen LogP contribution in [-0.2, 0) is 4.74 Å². The fraction of sp³-hybridized carbons (Fsp3) is 0.167. The van der Waals surface area contributed by atoms with Crippen LogP contribution in [0, 0.1) is 12.7 Å². The molecule has 0 saturated heterocycles. The van der Waals surface area contributed by atoms with E-state index in [1.54, 1.807) is 6.92 Å². The predicted molar refractivity (Wildman–Crippen MR) is 96.6 cm³/mol. The summed E-state index contributed by atoms with van der Waals surface area (Å²) in [6, 6.07) is 9.93. The molecule has 0 fully saturated rings. The Hall–Kier alpha value is -2.60. The summed E-state index contributed by atoms with van der Waals surface area (Å²) in [5.74, 6) is -0.814. The Labute approximate surface area is 143 Å². The topological polar surface area (TPSA) is 64.3 Å². The Kier molecular flexibility index (Phi) is 4.40. The zero-order chi connectivity index (χ0) is 17.3. The second-order valence-corrected chi connectivity index (χ2v) is 6.44. The van der Waals surface area contributed by atoms with Crippen LogP contribution in [0.2, 0.25) is 0 Å². The first-order valence-electron chi connectivity index (χ1n) is 7.52. The third-order valence-corrected chi connectivity index (χ3v) is 4.66. The summed E-state index contributed by atoms with van der Waals surface area (Å²) >= 11 is 1.41. The van der Waals surface area contributed by atoms with Crippen LogP contribution < -0.4 is 11.1 Å². The summed E-state index contributed by atoms with van der Waals surface area (Å²) in [5.41, 5.74) is 8.26. The van der Waals surface area contributed by atoms with E-state index in [-0.39, 0.29) is 6.61 Å². The molecule has 1 aromatic heterocycles. The Balaban J connectivity index is 2.13. The van der Waals surface area contributed by atoms with Gasteiger partial charge in [0.2, 0.25) is 0 Å². The third-order valence-electron chi connectivity index (χ3n) is 3.59. The molecule has 0 aliphatic heterocycles. The van der Waals surface area contributed by atoms with Crippen molar-refractivity contribution in [1.29, 1.82) is 0 Å². The molecular formula is C18H17FN2O2S. The molecule has 124 valence electrons. The van der Waals surface area contributed by atoms with Gasteiger partial charge in [0.25, 0.3) is 0 Å². The first kappa shape index (κ1) is 16.3. The van der Waals surface area contributed by atoms with E-state index in [1.165, 1.54) is 29.5 Å². The van der Waals surface area contributed by atoms with Gasteiger partial charge in [-0.2, -0.15) is 0 Å². The third kappa shape index (κ3) is 3.05. The number of hydrogen-bond acceptors (Lipinski definition) is 5. The van der Waals surface area contributed by atoms with E-state index >= 15 is 0 Å². The molecule has 6 heteroatoms. The van der Waals surface area contributed by atoms with Crippen LogP contribution in [0.1, 0.15) is 22.8 Å². The number of hydrogen-bond donors (Lipinski definition) is 2. The maximum Gasteiger partial charge on any atom is 0.341 e. The molecule has 3 rings (SSSR count). The van der Waals surface area contributed by atoms with Gasteiger partial charge < -0.3 is 15.8 Å². The van der Waals surface area contributed by atoms with Crippen molar-refractivity contribution in [3.63, 3.8) is 0 Å². The molecule has 0 radical (unpaired) electrons. The van der Waals surface area contributed by atoms with Gasteiger partial charge in [-0.15, -0.1) is 11.3 Å². The average Bonchev–Trinajstić information content (AvgIpc) is 2.88. The van der Waals surface area contributed by atoms with Crippen molar-refractivity contribution in [3.8, 4) is 0 Å². The van der Waals surface area contributed by atoms with Crippen molar-refractivity contribution in [3.05, 3.63) is 53.3 Å². The molecule has 0 saturated carbocycles. The van der Waals surface area contributed by atoms with Gasteiger partial charge in [0.1, 0.15) is 16.4 Å². The van der Waals surface area contributed by atoms with Gasteiger partial charge in [0, 0.05) is 10.1 Å². The number of halogens is 1. The molecule has 24 heavy (non-hydrogen) atoms. The fourth-order valence-electron chi connectivity index (χ4n) is 2.46. The number of rotatable bonds is 4. The van der Waals surface area contributed by atoms with Crippen LogP contribution in [0.15, 0.2) is 36.4 Å². The SMILES string of the molecule is CCOC(=O)c1c(Nc2cc(F)ccc2N)sc2cc(C)ccc12. The standard InChI is InChI=1S/C18H17FN2O2S/c1-3-23-18(22)16-12-6-4-10(2)8-15(12)24-17(16)21-14-9-11(19)5-7-13(14)20/h4-9,21H,3,20H2,1-2H3. The van der Waals surface area contributed by atoms with Crippen molar-refractivity contribution in [2.75, 3.05) is 17.7 Å². The van der Waals surface area contributed by atoms with Crippen LogP contribution in [0.5, 0.6) is 0 Å². The Morgan fingerprint density at radius 3 is 2.83 bits per heavy atom. The second kappa shape index (κ2) is 6.49. The summed E-state index contributed by atoms with van der Waals surface area (Å²) in [4.78, 5) is 12.4. The maximum absolute atomic E-state index is 13.5. The number of esters is 1. The molecule has 2 aromatic carbocycles. The minimum absolute atomic E-state index is 0.281. The number of fused-ring (bicyclic) bond motifs is 1. The number of carbonyl (C=O) groups excluding carboxylic acids is 1. The van der Waals surface area contributed by atoms with Gasteiger partial charge in [0.15, 0.2) is 0 Å². The summed E-state index contributed by atoms with van der Waals surface area (Å²) in [6.07, 6.45) is 0. The molecule has 0 amide bonds. The number of thiophene rings is 1. The van der Waals surface area contributed by atoms with Crippen molar-refractivity contribution in [2.45, 2.75) is 13.8 Å². The van der Waals surface area contributed by atoms with Crippen LogP contribution in [0.4, 0.5) is 20.8 Å². The van der Waals surface area contributed by atoms with Crippen LogP contribution in [0.25, 0.3) is 10.1 Å². The summed E-state index contributed by atoms with van der Waals surface area (Å²) in [6.45, 7) is 4.03. The van der Waals surface area contributed by atoms with E-state index in [0.717, 1.165) is 15.6 Å². The lowest BCUT2D eigenvalue weighted by Crippen LogP contribution is -2.07. The molecule has 3 aromatic rings. The quantitative estimate of drug-likeness (QED) is 0.524. The first-order chi connectivity index (χ1) is 11.5. The largest absolute Gasteiger partial charge is 0.462 e. The molecule has 0 spiro atoms. The Morgan fingerprint density at radius 1 is 1.29 bits per heavy atom. The molecule has 4 nitrogen and oxygen atoms in total. The highest BCUT2D eigenvalue weighted by molar-refractivity contribution is 7.23. The molecular weight excluding hydrogens is 327 g/mol. The number of benzene rings is 2. The maximum atomic E-state index is 13.5. The smallest absolute Gasteiger partial charge is 0.341 e. The normalized spacial score (nSPS) is 10.8. The van der Waals surface area contributed by atoms with Crippen LogP contribution >= 0.6 is 11.3 Å². The number of nitrogens with one attached hydrogen (secondary N) is 1. The van der Waals surface area contributed by atoms with Crippen LogP contribution in [-0.4, -0.2) is 12.6 Å². The minimum atomic E-state index is -0.412. The van der Waals surface area contributed by atoms with E-state index in [4.69, 9.17) is 10.5 Å². The molecule has 0 bridgehead atoms. The van der Waals surface area contributed by atoms with Gasteiger partial charge in [0.05, 0.1) is 18.0 Å². The van der Waals surface area contributed by atoms with Gasteiger partial charge in [-0.1, -0.05) is 12.1 Å². The number of carbonyl (C=O) groups is 1. The van der Waals surface area contributed by atoms with Crippen molar-refractivity contribution in [1.82, 2.24) is 0 Å². The fourth-order valence-corrected chi connectivity index (χ4v) is 3.66. The highest BCUT2D eigenvalue weighted by Crippen LogP contribution is 2.39. The lowest BCUT2D eigenvalue weighted by molar-refractivity contribution is 0.0530. The lowest BCUT2D eigenvalue weighted by atomic mass is 10.1. The van der Waals surface area contributed by atoms with Gasteiger partial charge in [-0.05, 0) is 43.7 Å². The van der Waals surface area contributed by atoms with Crippen molar-refractivity contribution >= 4 is 43.8 Å². The number of nitrogens with two attached hydrogens (primary N) is 1. The molecule has 0 aliphatic rings. The van der Waals surface area contributed by atoms with E-state index in [2.05, 4.69) is 5.32 Å². The summed E-state index contributed by atoms with van der Waals surface area (Å²) in [5, 5.41) is 4.48. The zero-order valence-electron chi connectivity index (χ0n) is 13.4. The molecule has 0 aliphatic carbocycles. The molecule has 3 N–H and O–H groups in total.